The second-order valence-electron chi connectivity index (χ2n) is 6.27. The van der Waals surface area contributed by atoms with E-state index in [1.165, 1.54) is 0 Å². The third kappa shape index (κ3) is 3.25. The van der Waals surface area contributed by atoms with Gasteiger partial charge in [0.1, 0.15) is 5.82 Å². The molecular formula is C19H20N4O2. The summed E-state index contributed by atoms with van der Waals surface area (Å²) in [7, 11) is 0. The van der Waals surface area contributed by atoms with E-state index >= 15 is 0 Å². The first kappa shape index (κ1) is 15.8. The zero-order valence-electron chi connectivity index (χ0n) is 14.2. The Kier molecular flexibility index (Phi) is 4.19. The molecule has 0 saturated carbocycles. The molecule has 0 bridgehead atoms. The van der Waals surface area contributed by atoms with E-state index in [9.17, 15) is 4.79 Å². The number of anilines is 1. The van der Waals surface area contributed by atoms with Gasteiger partial charge >= 0.3 is 0 Å². The Bertz CT molecular complexity index is 895. The van der Waals surface area contributed by atoms with E-state index in [0.29, 0.717) is 18.8 Å². The summed E-state index contributed by atoms with van der Waals surface area (Å²) in [6, 6.07) is 11.5. The van der Waals surface area contributed by atoms with Crippen LogP contribution < -0.4 is 4.90 Å². The monoisotopic (exact) mass is 336 g/mol. The van der Waals surface area contributed by atoms with E-state index < -0.39 is 0 Å². The average Bonchev–Trinajstić information content (AvgIpc) is 3.11. The average molecular weight is 336 g/mol. The summed E-state index contributed by atoms with van der Waals surface area (Å²) < 4.78 is 7.26. The van der Waals surface area contributed by atoms with Crippen LogP contribution in [0.5, 0.6) is 0 Å². The predicted octanol–water partition coefficient (Wildman–Crippen LogP) is 2.30. The number of morpholine rings is 1. The molecule has 1 aliphatic rings. The SMILES string of the molecule is Cc1ccc(C(=O)Cc2cc(N3CCOCC3)n3nccc3n2)cc1. The highest BCUT2D eigenvalue weighted by molar-refractivity contribution is 5.97. The Labute approximate surface area is 146 Å². The zero-order valence-corrected chi connectivity index (χ0v) is 14.2. The van der Waals surface area contributed by atoms with Gasteiger partial charge in [0.2, 0.25) is 0 Å². The molecule has 3 aromatic rings. The van der Waals surface area contributed by atoms with Crippen molar-refractivity contribution in [3.63, 3.8) is 0 Å². The molecular weight excluding hydrogens is 316 g/mol. The van der Waals surface area contributed by atoms with Crippen LogP contribution in [0.1, 0.15) is 21.6 Å². The molecule has 2 aromatic heterocycles. The maximum atomic E-state index is 12.6. The summed E-state index contributed by atoms with van der Waals surface area (Å²) in [4.78, 5) is 19.4. The summed E-state index contributed by atoms with van der Waals surface area (Å²) in [6.45, 7) is 5.03. The molecule has 0 spiro atoms. The van der Waals surface area contributed by atoms with Gasteiger partial charge < -0.3 is 9.64 Å². The Morgan fingerprint density at radius 3 is 2.68 bits per heavy atom. The second-order valence-corrected chi connectivity index (χ2v) is 6.27. The number of aryl methyl sites for hydroxylation is 1. The van der Waals surface area contributed by atoms with Crippen LogP contribution >= 0.6 is 0 Å². The third-order valence-corrected chi connectivity index (χ3v) is 4.44. The lowest BCUT2D eigenvalue weighted by Crippen LogP contribution is -2.37. The molecule has 128 valence electrons. The molecule has 6 heteroatoms. The minimum atomic E-state index is 0.0734. The molecule has 25 heavy (non-hydrogen) atoms. The van der Waals surface area contributed by atoms with E-state index in [1.54, 1.807) is 6.20 Å². The Balaban J connectivity index is 1.65. The molecule has 6 nitrogen and oxygen atoms in total. The number of Topliss-reactive ketones (excluding diaryl/α,β-unsaturated/α-hetero) is 1. The summed E-state index contributed by atoms with van der Waals surface area (Å²) in [5, 5.41) is 4.37. The normalized spacial score (nSPS) is 14.8. The zero-order chi connectivity index (χ0) is 17.2. The summed E-state index contributed by atoms with van der Waals surface area (Å²) >= 11 is 0. The summed E-state index contributed by atoms with van der Waals surface area (Å²) in [5.74, 6) is 1.04. The molecule has 4 rings (SSSR count). The second kappa shape index (κ2) is 6.64. The number of aromatic nitrogens is 3. The smallest absolute Gasteiger partial charge is 0.168 e. The van der Waals surface area contributed by atoms with Gasteiger partial charge in [-0.3, -0.25) is 4.79 Å². The van der Waals surface area contributed by atoms with Gasteiger partial charge in [0, 0.05) is 30.8 Å². The minimum Gasteiger partial charge on any atom is -0.378 e. The Morgan fingerprint density at radius 2 is 1.92 bits per heavy atom. The lowest BCUT2D eigenvalue weighted by molar-refractivity contribution is 0.0992. The Morgan fingerprint density at radius 1 is 1.16 bits per heavy atom. The molecule has 0 amide bonds. The standard InChI is InChI=1S/C19H20N4O2/c1-14-2-4-15(5-3-14)17(24)12-16-13-19(22-8-10-25-11-9-22)23-18(21-16)6-7-20-23/h2-7,13H,8-12H2,1H3. The first-order valence-corrected chi connectivity index (χ1v) is 8.47. The number of carbonyl (C=O) groups excluding carboxylic acids is 1. The molecule has 1 fully saturated rings. The van der Waals surface area contributed by atoms with Crippen LogP contribution in [0.25, 0.3) is 5.65 Å². The molecule has 1 aliphatic heterocycles. The van der Waals surface area contributed by atoms with E-state index in [4.69, 9.17) is 4.74 Å². The molecule has 0 radical (unpaired) electrons. The molecule has 3 heterocycles. The maximum Gasteiger partial charge on any atom is 0.168 e. The largest absolute Gasteiger partial charge is 0.378 e. The summed E-state index contributed by atoms with van der Waals surface area (Å²) in [5.41, 5.74) is 3.38. The first-order chi connectivity index (χ1) is 12.2. The number of carbonyl (C=O) groups is 1. The highest BCUT2D eigenvalue weighted by Gasteiger charge is 2.18. The van der Waals surface area contributed by atoms with Gasteiger partial charge in [-0.05, 0) is 6.92 Å². The molecule has 1 aromatic carbocycles. The van der Waals surface area contributed by atoms with Crippen molar-refractivity contribution in [3.8, 4) is 0 Å². The van der Waals surface area contributed by atoms with Crippen molar-refractivity contribution in [3.05, 3.63) is 59.4 Å². The van der Waals surface area contributed by atoms with Crippen LogP contribution in [0, 0.1) is 6.92 Å². The quantitative estimate of drug-likeness (QED) is 0.684. The number of hydrogen-bond donors (Lipinski definition) is 0. The van der Waals surface area contributed by atoms with Crippen LogP contribution in [0.3, 0.4) is 0 Å². The van der Waals surface area contributed by atoms with Crippen LogP contribution in [-0.2, 0) is 11.2 Å². The number of fused-ring (bicyclic) bond motifs is 1. The Hall–Kier alpha value is -2.73. The number of rotatable bonds is 4. The van der Waals surface area contributed by atoms with Gasteiger partial charge in [-0.25, -0.2) is 4.98 Å². The van der Waals surface area contributed by atoms with E-state index in [2.05, 4.69) is 15.0 Å². The van der Waals surface area contributed by atoms with E-state index in [1.807, 2.05) is 47.8 Å². The molecule has 0 atom stereocenters. The van der Waals surface area contributed by atoms with Gasteiger partial charge in [0.05, 0.1) is 31.5 Å². The van der Waals surface area contributed by atoms with Gasteiger partial charge in [-0.1, -0.05) is 29.8 Å². The van der Waals surface area contributed by atoms with Crippen molar-refractivity contribution in [2.45, 2.75) is 13.3 Å². The van der Waals surface area contributed by atoms with Gasteiger partial charge in [0.25, 0.3) is 0 Å². The van der Waals surface area contributed by atoms with Gasteiger partial charge in [-0.2, -0.15) is 9.61 Å². The van der Waals surface area contributed by atoms with Crippen molar-refractivity contribution in [2.75, 3.05) is 31.2 Å². The van der Waals surface area contributed by atoms with Crippen LogP contribution in [0.15, 0.2) is 42.6 Å². The molecule has 0 N–H and O–H groups in total. The number of hydrogen-bond acceptors (Lipinski definition) is 5. The maximum absolute atomic E-state index is 12.6. The summed E-state index contributed by atoms with van der Waals surface area (Å²) in [6.07, 6.45) is 2.01. The third-order valence-electron chi connectivity index (χ3n) is 4.44. The first-order valence-electron chi connectivity index (χ1n) is 8.47. The highest BCUT2D eigenvalue weighted by Crippen LogP contribution is 2.19. The van der Waals surface area contributed by atoms with Crippen molar-refractivity contribution >= 4 is 17.2 Å². The van der Waals surface area contributed by atoms with E-state index in [-0.39, 0.29) is 12.2 Å². The fourth-order valence-corrected chi connectivity index (χ4v) is 3.06. The number of ether oxygens (including phenoxy) is 1. The van der Waals surface area contributed by atoms with Crippen LogP contribution in [-0.4, -0.2) is 46.7 Å². The number of nitrogens with zero attached hydrogens (tertiary/aromatic N) is 4. The van der Waals surface area contributed by atoms with Gasteiger partial charge in [0.15, 0.2) is 11.4 Å². The van der Waals surface area contributed by atoms with Crippen molar-refractivity contribution in [2.24, 2.45) is 0 Å². The minimum absolute atomic E-state index is 0.0734. The van der Waals surface area contributed by atoms with E-state index in [0.717, 1.165) is 35.8 Å². The topological polar surface area (TPSA) is 59.7 Å². The number of benzene rings is 1. The fraction of sp³-hybridized carbons (Fsp3) is 0.316. The lowest BCUT2D eigenvalue weighted by atomic mass is 10.0. The lowest BCUT2D eigenvalue weighted by Gasteiger charge is -2.29. The molecule has 0 aliphatic carbocycles. The number of ketones is 1. The van der Waals surface area contributed by atoms with Crippen LogP contribution in [0.4, 0.5) is 5.82 Å². The van der Waals surface area contributed by atoms with Gasteiger partial charge in [-0.15, -0.1) is 0 Å². The predicted molar refractivity (Wildman–Crippen MR) is 95.2 cm³/mol. The fourth-order valence-electron chi connectivity index (χ4n) is 3.06. The highest BCUT2D eigenvalue weighted by atomic mass is 16.5. The van der Waals surface area contributed by atoms with Crippen molar-refractivity contribution in [1.82, 2.24) is 14.6 Å². The van der Waals surface area contributed by atoms with Crippen molar-refractivity contribution in [1.29, 1.82) is 0 Å². The molecule has 1 saturated heterocycles. The van der Waals surface area contributed by atoms with Crippen molar-refractivity contribution < 1.29 is 9.53 Å². The van der Waals surface area contributed by atoms with Crippen LogP contribution in [0.2, 0.25) is 0 Å². The molecule has 0 unspecified atom stereocenters.